The number of carbonyl (C=O) groups excluding carboxylic acids is 3. The lowest BCUT2D eigenvalue weighted by Gasteiger charge is -2.29. The molecule has 3 amide bonds. The number of imide groups is 1. The number of methoxy groups -OCH3 is 1. The third kappa shape index (κ3) is 3.11. The number of benzene rings is 2. The van der Waals surface area contributed by atoms with E-state index in [1.807, 2.05) is 0 Å². The van der Waals surface area contributed by atoms with Crippen molar-refractivity contribution >= 4 is 29.4 Å². The molecule has 3 N–H and O–H groups in total. The number of rotatable bonds is 6. The van der Waals surface area contributed by atoms with Crippen molar-refractivity contribution in [3.8, 4) is 5.75 Å². The van der Waals surface area contributed by atoms with Crippen LogP contribution in [0.1, 0.15) is 24.0 Å². The van der Waals surface area contributed by atoms with Crippen LogP contribution in [0.25, 0.3) is 0 Å². The van der Waals surface area contributed by atoms with Crippen LogP contribution >= 0.6 is 0 Å². The van der Waals surface area contributed by atoms with Crippen molar-refractivity contribution < 1.29 is 29.0 Å². The molecular weight excluding hydrogens is 426 g/mol. The molecule has 170 valence electrons. The first-order valence-electron chi connectivity index (χ1n) is 10.8. The van der Waals surface area contributed by atoms with Gasteiger partial charge in [-0.2, -0.15) is 0 Å². The summed E-state index contributed by atoms with van der Waals surface area (Å²) in [4.78, 5) is 52.9. The average Bonchev–Trinajstić information content (AvgIpc) is 3.39. The van der Waals surface area contributed by atoms with Gasteiger partial charge in [-0.1, -0.05) is 30.3 Å². The van der Waals surface area contributed by atoms with Crippen LogP contribution < -0.4 is 15.4 Å². The number of ether oxygens (including phenoxy) is 1. The Balaban J connectivity index is 1.54. The molecule has 2 saturated heterocycles. The van der Waals surface area contributed by atoms with Gasteiger partial charge in [0.25, 0.3) is 0 Å². The van der Waals surface area contributed by atoms with E-state index in [1.54, 1.807) is 55.6 Å². The third-order valence-corrected chi connectivity index (χ3v) is 6.88. The molecule has 2 fully saturated rings. The number of carbonyl (C=O) groups is 4. The number of aliphatic carboxylic acids is 1. The maximum Gasteiger partial charge on any atom is 0.303 e. The molecule has 0 saturated carbocycles. The Morgan fingerprint density at radius 3 is 2.52 bits per heavy atom. The first-order chi connectivity index (χ1) is 15.9. The Morgan fingerprint density at radius 1 is 1.09 bits per heavy atom. The summed E-state index contributed by atoms with van der Waals surface area (Å²) in [5, 5.41) is 15.3. The molecule has 9 nitrogen and oxygen atoms in total. The fourth-order valence-electron chi connectivity index (χ4n) is 5.41. The minimum absolute atomic E-state index is 0.0691. The summed E-state index contributed by atoms with van der Waals surface area (Å²) in [6.07, 6.45) is -0.0523. The maximum absolute atomic E-state index is 13.7. The van der Waals surface area contributed by atoms with Gasteiger partial charge < -0.3 is 15.2 Å². The predicted octanol–water partition coefficient (Wildman–Crippen LogP) is 1.48. The van der Waals surface area contributed by atoms with Crippen LogP contribution in [0.5, 0.6) is 5.75 Å². The highest BCUT2D eigenvalue weighted by atomic mass is 16.5. The van der Waals surface area contributed by atoms with Gasteiger partial charge in [-0.3, -0.25) is 29.4 Å². The number of likely N-dealkylation sites (tertiary alicyclic amines) is 1. The quantitative estimate of drug-likeness (QED) is 0.571. The number of anilines is 1. The van der Waals surface area contributed by atoms with E-state index in [0.717, 1.165) is 5.56 Å². The summed E-state index contributed by atoms with van der Waals surface area (Å²) in [7, 11) is 1.55. The molecule has 0 unspecified atom stereocenters. The maximum atomic E-state index is 13.7. The molecule has 0 bridgehead atoms. The van der Waals surface area contributed by atoms with Gasteiger partial charge in [0.05, 0.1) is 25.5 Å². The van der Waals surface area contributed by atoms with Crippen molar-refractivity contribution in [1.29, 1.82) is 0 Å². The van der Waals surface area contributed by atoms with Crippen molar-refractivity contribution in [1.82, 2.24) is 10.2 Å². The molecule has 5 rings (SSSR count). The number of hydrogen-bond donors (Lipinski definition) is 3. The second-order valence-corrected chi connectivity index (χ2v) is 8.61. The molecule has 9 heteroatoms. The summed E-state index contributed by atoms with van der Waals surface area (Å²) < 4.78 is 5.16. The van der Waals surface area contributed by atoms with Crippen molar-refractivity contribution in [3.05, 3.63) is 59.7 Å². The molecule has 2 aromatic rings. The zero-order valence-corrected chi connectivity index (χ0v) is 17.9. The van der Waals surface area contributed by atoms with Crippen molar-refractivity contribution in [3.63, 3.8) is 0 Å². The van der Waals surface area contributed by atoms with E-state index in [2.05, 4.69) is 10.6 Å². The second-order valence-electron chi connectivity index (χ2n) is 8.61. The van der Waals surface area contributed by atoms with E-state index in [9.17, 15) is 24.3 Å². The molecule has 3 aliphatic heterocycles. The SMILES string of the molecule is COc1ccc(CN2C(=O)[C@@H]3[C@H](CCC(=O)O)N[C@]4(C(=O)Nc5ccccc54)[C@@H]3C2=O)cc1. The van der Waals surface area contributed by atoms with Crippen LogP contribution in [0.2, 0.25) is 0 Å². The van der Waals surface area contributed by atoms with E-state index in [1.165, 1.54) is 4.90 Å². The van der Waals surface area contributed by atoms with Gasteiger partial charge in [-0.05, 0) is 30.2 Å². The smallest absolute Gasteiger partial charge is 0.303 e. The minimum atomic E-state index is -1.41. The molecule has 4 atom stereocenters. The normalized spacial score (nSPS) is 27.6. The summed E-state index contributed by atoms with van der Waals surface area (Å²) in [5.41, 5.74) is 0.529. The van der Waals surface area contributed by atoms with E-state index < -0.39 is 47.1 Å². The van der Waals surface area contributed by atoms with Crippen LogP contribution in [0.3, 0.4) is 0 Å². The number of nitrogens with zero attached hydrogens (tertiary/aromatic N) is 1. The summed E-state index contributed by atoms with van der Waals surface area (Å²) in [5.74, 6) is -3.35. The average molecular weight is 449 g/mol. The van der Waals surface area contributed by atoms with E-state index >= 15 is 0 Å². The van der Waals surface area contributed by atoms with Crippen LogP contribution in [0.4, 0.5) is 5.69 Å². The monoisotopic (exact) mass is 449 g/mol. The second kappa shape index (κ2) is 7.70. The summed E-state index contributed by atoms with van der Waals surface area (Å²) >= 11 is 0. The molecule has 1 spiro atoms. The zero-order chi connectivity index (χ0) is 23.3. The molecule has 3 heterocycles. The van der Waals surface area contributed by atoms with Crippen molar-refractivity contribution in [2.24, 2.45) is 11.8 Å². The lowest BCUT2D eigenvalue weighted by molar-refractivity contribution is -0.144. The topological polar surface area (TPSA) is 125 Å². The molecule has 33 heavy (non-hydrogen) atoms. The third-order valence-electron chi connectivity index (χ3n) is 6.88. The highest BCUT2D eigenvalue weighted by Gasteiger charge is 2.70. The van der Waals surface area contributed by atoms with Crippen LogP contribution in [-0.2, 0) is 31.3 Å². The number of carboxylic acids is 1. The molecule has 0 aliphatic carbocycles. The van der Waals surface area contributed by atoms with Crippen LogP contribution in [0.15, 0.2) is 48.5 Å². The number of carboxylic acid groups (broad SMARTS) is 1. The lowest BCUT2D eigenvalue weighted by atomic mass is 9.76. The van der Waals surface area contributed by atoms with Gasteiger partial charge in [-0.25, -0.2) is 0 Å². The van der Waals surface area contributed by atoms with Gasteiger partial charge in [0.1, 0.15) is 11.3 Å². The zero-order valence-electron chi connectivity index (χ0n) is 17.9. The molecule has 0 aromatic heterocycles. The Morgan fingerprint density at radius 2 is 1.82 bits per heavy atom. The summed E-state index contributed by atoms with van der Waals surface area (Å²) in [6.45, 7) is 0.0691. The molecular formula is C24H23N3O6. The Labute approximate surface area is 189 Å². The Kier molecular flexibility index (Phi) is 4.93. The number of hydrogen-bond acceptors (Lipinski definition) is 6. The van der Waals surface area contributed by atoms with Crippen molar-refractivity contribution in [2.75, 3.05) is 12.4 Å². The standard InChI is InChI=1S/C24H23N3O6/c1-33-14-8-6-13(7-9-14)12-27-21(30)19-17(10-11-18(28)29)26-24(20(19)22(27)31)15-4-2-3-5-16(15)25-23(24)32/h2-9,17,19-20,26H,10-12H2,1H3,(H,25,32)(H,28,29)/t17-,19+,20-,24-/m0/s1. The number of nitrogens with one attached hydrogen (secondary N) is 2. The first kappa shape index (κ1) is 21.1. The van der Waals surface area contributed by atoms with Gasteiger partial charge in [0.15, 0.2) is 0 Å². The van der Waals surface area contributed by atoms with Gasteiger partial charge in [0.2, 0.25) is 17.7 Å². The lowest BCUT2D eigenvalue weighted by Crippen LogP contribution is -2.53. The van der Waals surface area contributed by atoms with E-state index in [-0.39, 0.29) is 19.4 Å². The molecule has 2 aromatic carbocycles. The highest BCUT2D eigenvalue weighted by Crippen LogP contribution is 2.53. The van der Waals surface area contributed by atoms with E-state index in [0.29, 0.717) is 17.0 Å². The first-order valence-corrected chi connectivity index (χ1v) is 10.8. The Hall–Kier alpha value is -3.72. The van der Waals surface area contributed by atoms with Gasteiger partial charge in [0, 0.05) is 23.7 Å². The Bertz CT molecular complexity index is 1160. The molecule has 3 aliphatic rings. The van der Waals surface area contributed by atoms with Crippen LogP contribution in [0, 0.1) is 11.8 Å². The number of para-hydroxylation sites is 1. The fraction of sp³-hybridized carbons (Fsp3) is 0.333. The van der Waals surface area contributed by atoms with Crippen LogP contribution in [-0.4, -0.2) is 46.8 Å². The minimum Gasteiger partial charge on any atom is -0.497 e. The highest BCUT2D eigenvalue weighted by molar-refractivity contribution is 6.15. The fourth-order valence-corrected chi connectivity index (χ4v) is 5.41. The number of fused-ring (bicyclic) bond motifs is 4. The number of amides is 3. The van der Waals surface area contributed by atoms with Crippen molar-refractivity contribution in [2.45, 2.75) is 31.0 Å². The predicted molar refractivity (Wildman–Crippen MR) is 116 cm³/mol. The van der Waals surface area contributed by atoms with Gasteiger partial charge >= 0.3 is 5.97 Å². The van der Waals surface area contributed by atoms with E-state index in [4.69, 9.17) is 4.74 Å². The summed E-state index contributed by atoms with van der Waals surface area (Å²) in [6, 6.07) is 13.5. The van der Waals surface area contributed by atoms with Gasteiger partial charge in [-0.15, -0.1) is 0 Å². The molecule has 0 radical (unpaired) electrons. The largest absolute Gasteiger partial charge is 0.497 e.